The lowest BCUT2D eigenvalue weighted by Crippen LogP contribution is -2.59. The van der Waals surface area contributed by atoms with Crippen LogP contribution in [0.3, 0.4) is 0 Å². The van der Waals surface area contributed by atoms with Gasteiger partial charge < -0.3 is 33.7 Å². The van der Waals surface area contributed by atoms with E-state index in [0.717, 1.165) is 5.71 Å². The number of cyclic esters (lactones) is 1. The summed E-state index contributed by atoms with van der Waals surface area (Å²) in [4.78, 5) is 35.6. The van der Waals surface area contributed by atoms with Crippen LogP contribution < -0.4 is 0 Å². The van der Waals surface area contributed by atoms with E-state index in [0.29, 0.717) is 37.9 Å². The molecule has 0 aromatic heterocycles. The van der Waals surface area contributed by atoms with Crippen LogP contribution >= 0.6 is 0 Å². The number of carbonyl (C=O) groups is 2. The zero-order chi connectivity index (χ0) is 32.7. The van der Waals surface area contributed by atoms with Crippen LogP contribution in [0.15, 0.2) is 16.6 Å². The number of amides is 1. The largest absolute Gasteiger partial charge is 0.455 e. The Kier molecular flexibility index (Phi) is 10.6. The van der Waals surface area contributed by atoms with Crippen molar-refractivity contribution in [3.8, 4) is 0 Å². The summed E-state index contributed by atoms with van der Waals surface area (Å²) in [5.74, 6) is -1.02. The molecule has 0 aromatic carbocycles. The minimum atomic E-state index is -1.05. The summed E-state index contributed by atoms with van der Waals surface area (Å²) in [5.41, 5.74) is -0.533. The standard InChI is InChI=1S/C33H55N3O8/c1-12-24-33(8)27-22(6)25(34-13-14-36(27)31(39)44-33)20(4)17-32(7,40-11)28(18(2)15-19(3)29(38)42-24)43-30-26(37)23(35(9)10)16-21(5)41-30/h15,18,20-24,26-28,30,37H,12-14,16-17H2,1-11H3/b19-15+/t18-,20+,21+,22-,23-,24+,26+,27+,28+,30-,32-,33+/m0/s1. The topological polar surface area (TPSA) is 119 Å². The number of hydrogen-bond acceptors (Lipinski definition) is 10. The Hall–Kier alpha value is -2.05. The molecule has 2 saturated heterocycles. The van der Waals surface area contributed by atoms with Gasteiger partial charge in [-0.2, -0.15) is 0 Å². The molecule has 0 aromatic rings. The third kappa shape index (κ3) is 6.45. The van der Waals surface area contributed by atoms with Crippen molar-refractivity contribution in [2.45, 2.75) is 129 Å². The van der Waals surface area contributed by atoms with Crippen LogP contribution in [-0.4, -0.2) is 121 Å². The van der Waals surface area contributed by atoms with E-state index in [2.05, 4.69) is 13.8 Å². The maximum Gasteiger partial charge on any atom is 0.410 e. The maximum atomic E-state index is 13.6. The number of likely N-dealkylation sites (N-methyl/N-ethyl adjacent to an activating group) is 1. The summed E-state index contributed by atoms with van der Waals surface area (Å²) < 4.78 is 31.4. The van der Waals surface area contributed by atoms with Crippen LogP contribution in [0.25, 0.3) is 0 Å². The Morgan fingerprint density at radius 2 is 1.86 bits per heavy atom. The van der Waals surface area contributed by atoms with Gasteiger partial charge >= 0.3 is 12.1 Å². The van der Waals surface area contributed by atoms with Gasteiger partial charge in [0.15, 0.2) is 11.9 Å². The molecule has 12 atom stereocenters. The molecule has 2 bridgehead atoms. The molecule has 0 saturated carbocycles. The number of nitrogens with zero attached hydrogens (tertiary/aromatic N) is 3. The second-order valence-electron chi connectivity index (χ2n) is 14.0. The maximum absolute atomic E-state index is 13.6. The first-order valence-electron chi connectivity index (χ1n) is 16.2. The highest BCUT2D eigenvalue weighted by atomic mass is 16.7. The lowest BCUT2D eigenvalue weighted by Gasteiger charge is -2.47. The number of rotatable bonds is 5. The third-order valence-electron chi connectivity index (χ3n) is 10.5. The first-order valence-corrected chi connectivity index (χ1v) is 16.2. The van der Waals surface area contributed by atoms with E-state index in [1.54, 1.807) is 18.9 Å². The average Bonchev–Trinajstić information content (AvgIpc) is 3.08. The molecule has 1 amide bonds. The van der Waals surface area contributed by atoms with Crippen LogP contribution in [0.2, 0.25) is 0 Å². The summed E-state index contributed by atoms with van der Waals surface area (Å²) in [6.45, 7) is 16.6. The molecule has 250 valence electrons. The Morgan fingerprint density at radius 3 is 2.48 bits per heavy atom. The van der Waals surface area contributed by atoms with E-state index < -0.39 is 47.9 Å². The van der Waals surface area contributed by atoms with Crippen molar-refractivity contribution in [2.75, 3.05) is 34.3 Å². The normalized spacial score (nSPS) is 45.1. The molecule has 4 heterocycles. The number of esters is 1. The fourth-order valence-corrected chi connectivity index (χ4v) is 8.21. The van der Waals surface area contributed by atoms with E-state index in [1.165, 1.54) is 0 Å². The molecule has 0 unspecified atom stereocenters. The second-order valence-corrected chi connectivity index (χ2v) is 14.0. The molecule has 0 radical (unpaired) electrons. The summed E-state index contributed by atoms with van der Waals surface area (Å²) in [7, 11) is 5.55. The van der Waals surface area contributed by atoms with E-state index in [4.69, 9.17) is 28.7 Å². The van der Waals surface area contributed by atoms with Gasteiger partial charge in [0.1, 0.15) is 12.2 Å². The van der Waals surface area contributed by atoms with Gasteiger partial charge in [0.05, 0.1) is 30.4 Å². The number of carbonyl (C=O) groups excluding carboxylic acids is 2. The molecule has 1 N–H and O–H groups in total. The monoisotopic (exact) mass is 621 g/mol. The Labute approximate surface area is 263 Å². The van der Waals surface area contributed by atoms with Crippen LogP contribution in [0, 0.1) is 17.8 Å². The van der Waals surface area contributed by atoms with Gasteiger partial charge in [-0.15, -0.1) is 0 Å². The number of ether oxygens (including phenoxy) is 5. The van der Waals surface area contributed by atoms with Crippen molar-refractivity contribution in [3.63, 3.8) is 0 Å². The van der Waals surface area contributed by atoms with E-state index in [9.17, 15) is 14.7 Å². The Balaban J connectivity index is 1.80. The fraction of sp³-hybridized carbons (Fsp3) is 0.848. The van der Waals surface area contributed by atoms with Gasteiger partial charge in [-0.05, 0) is 67.0 Å². The molecular formula is C33H55N3O8. The Bertz CT molecular complexity index is 1130. The lowest BCUT2D eigenvalue weighted by atomic mass is 9.74. The molecule has 4 aliphatic heterocycles. The number of aliphatic hydroxyl groups is 1. The average molecular weight is 622 g/mol. The SMILES string of the molecule is CC[C@H]1OC(=O)/C(C)=C/[C@H](C)[C@@H](O[C@@H]2O[C@H](C)C[C@H](N(C)C)[C@H]2O)[C@@](C)(OC)C[C@@H](C)C2=NCCN3C(=O)O[C@@]1(C)[C@H]3[C@H]2C. The smallest absolute Gasteiger partial charge is 0.410 e. The van der Waals surface area contributed by atoms with Crippen LogP contribution in [-0.2, 0) is 28.5 Å². The zero-order valence-electron chi connectivity index (χ0n) is 28.5. The highest BCUT2D eigenvalue weighted by Crippen LogP contribution is 2.43. The van der Waals surface area contributed by atoms with Crippen molar-refractivity contribution in [1.82, 2.24) is 9.80 Å². The van der Waals surface area contributed by atoms with Crippen molar-refractivity contribution in [2.24, 2.45) is 22.7 Å². The van der Waals surface area contributed by atoms with Gasteiger partial charge in [-0.3, -0.25) is 9.89 Å². The van der Waals surface area contributed by atoms with E-state index in [-0.39, 0.29) is 35.9 Å². The van der Waals surface area contributed by atoms with Gasteiger partial charge in [0, 0.05) is 42.8 Å². The molecule has 2 fully saturated rings. The highest BCUT2D eigenvalue weighted by molar-refractivity contribution is 5.91. The zero-order valence-corrected chi connectivity index (χ0v) is 28.5. The first-order chi connectivity index (χ1) is 20.6. The van der Waals surface area contributed by atoms with Crippen molar-refractivity contribution in [1.29, 1.82) is 0 Å². The number of aliphatic imine (C=N–C) groups is 1. The molecule has 4 rings (SSSR count). The number of methoxy groups -OCH3 is 1. The predicted molar refractivity (Wildman–Crippen MR) is 166 cm³/mol. The van der Waals surface area contributed by atoms with E-state index >= 15 is 0 Å². The molecule has 11 nitrogen and oxygen atoms in total. The van der Waals surface area contributed by atoms with E-state index in [1.807, 2.05) is 59.7 Å². The van der Waals surface area contributed by atoms with Gasteiger partial charge in [0.2, 0.25) is 0 Å². The summed E-state index contributed by atoms with van der Waals surface area (Å²) in [6.07, 6.45) is -0.00112. The van der Waals surface area contributed by atoms with Gasteiger partial charge in [0.25, 0.3) is 0 Å². The minimum Gasteiger partial charge on any atom is -0.455 e. The van der Waals surface area contributed by atoms with Crippen LogP contribution in [0.4, 0.5) is 4.79 Å². The molecular weight excluding hydrogens is 566 g/mol. The predicted octanol–water partition coefficient (Wildman–Crippen LogP) is 3.82. The quantitative estimate of drug-likeness (QED) is 0.457. The minimum absolute atomic E-state index is 0.0468. The molecule has 11 heteroatoms. The molecule has 0 spiro atoms. The number of hydrogen-bond donors (Lipinski definition) is 1. The molecule has 0 aliphatic carbocycles. The molecule has 44 heavy (non-hydrogen) atoms. The van der Waals surface area contributed by atoms with Crippen LogP contribution in [0.5, 0.6) is 0 Å². The second kappa shape index (κ2) is 13.4. The van der Waals surface area contributed by atoms with Crippen molar-refractivity contribution < 1.29 is 38.4 Å². The van der Waals surface area contributed by atoms with Crippen molar-refractivity contribution in [3.05, 3.63) is 11.6 Å². The summed E-state index contributed by atoms with van der Waals surface area (Å²) in [5, 5.41) is 11.4. The van der Waals surface area contributed by atoms with Crippen LogP contribution in [0.1, 0.15) is 74.7 Å². The van der Waals surface area contributed by atoms with Gasteiger partial charge in [-0.1, -0.05) is 33.8 Å². The number of aliphatic hydroxyl groups excluding tert-OH is 1. The van der Waals surface area contributed by atoms with Gasteiger partial charge in [-0.25, -0.2) is 9.59 Å². The fourth-order valence-electron chi connectivity index (χ4n) is 8.21. The molecule has 4 aliphatic rings. The lowest BCUT2D eigenvalue weighted by molar-refractivity contribution is -0.294. The number of fused-ring (bicyclic) bond motifs is 1. The third-order valence-corrected chi connectivity index (χ3v) is 10.5. The van der Waals surface area contributed by atoms with Crippen molar-refractivity contribution >= 4 is 17.8 Å². The summed E-state index contributed by atoms with van der Waals surface area (Å²) >= 11 is 0. The Morgan fingerprint density at radius 1 is 1.18 bits per heavy atom. The highest BCUT2D eigenvalue weighted by Gasteiger charge is 2.60. The summed E-state index contributed by atoms with van der Waals surface area (Å²) in [6, 6.07) is -0.503. The first kappa shape index (κ1) is 34.8.